The molecule has 0 atom stereocenters. The van der Waals surface area contributed by atoms with Gasteiger partial charge in [-0.15, -0.1) is 0 Å². The number of carbonyl (C=O) groups is 5. The van der Waals surface area contributed by atoms with Crippen LogP contribution in [0.5, 0.6) is 5.75 Å². The van der Waals surface area contributed by atoms with Gasteiger partial charge in [-0.3, -0.25) is 19.8 Å². The van der Waals surface area contributed by atoms with Crippen molar-refractivity contribution < 1.29 is 58.6 Å². The molecular weight excluding hydrogens is 943 g/mol. The molecule has 5 aromatic rings. The van der Waals surface area contributed by atoms with E-state index in [-0.39, 0.29) is 97.5 Å². The maximum absolute atomic E-state index is 13.7. The molecule has 0 saturated carbocycles. The van der Waals surface area contributed by atoms with E-state index in [2.05, 4.69) is 10.6 Å². The summed E-state index contributed by atoms with van der Waals surface area (Å²) in [6.45, 7) is -0.398. The zero-order valence-electron chi connectivity index (χ0n) is 35.3. The number of carbonyl (C=O) groups excluding carboxylic acids is 2. The predicted molar refractivity (Wildman–Crippen MR) is 260 cm³/mol. The summed E-state index contributed by atoms with van der Waals surface area (Å²) in [4.78, 5) is 77.0. The molecule has 10 N–H and O–H groups in total. The minimum absolute atomic E-state index is 0. The number of fused-ring (bicyclic) bond motifs is 4. The molecule has 0 saturated heterocycles. The average molecular weight is 981 g/mol. The SMILES string of the molecule is C.Nc1ccc2c(-c3c(Cl)cc(C(=O)NCc4ccc(C(=O)NCc5c(O)ccc6c(-c7cc(C(=O)O)ccc7C(=O)O)c7ccc(=O)cc-7oc56)cc4)c(Cl)c3C(=O)O)c3ccc(=[NH2+])cc-3oc2c1. The van der Waals surface area contributed by atoms with E-state index in [4.69, 9.17) is 43.2 Å². The van der Waals surface area contributed by atoms with Crippen molar-refractivity contribution in [1.82, 2.24) is 10.6 Å². The summed E-state index contributed by atoms with van der Waals surface area (Å²) in [5.41, 5.74) is 7.42. The molecule has 4 aliphatic rings. The first kappa shape index (κ1) is 47.5. The van der Waals surface area contributed by atoms with Gasteiger partial charge >= 0.3 is 17.9 Å². The molecule has 2 amide bonds. The molecule has 2 heterocycles. The summed E-state index contributed by atoms with van der Waals surface area (Å²) in [5.74, 6) is -5.41. The van der Waals surface area contributed by atoms with Crippen molar-refractivity contribution >= 4 is 80.6 Å². The molecule has 0 fully saturated rings. The third-order valence-corrected chi connectivity index (χ3v) is 12.2. The maximum Gasteiger partial charge on any atom is 0.337 e. The molecule has 0 spiro atoms. The highest BCUT2D eigenvalue weighted by Gasteiger charge is 2.30. The van der Waals surface area contributed by atoms with E-state index < -0.39 is 40.7 Å². The second-order valence-corrected chi connectivity index (χ2v) is 16.6. The molecule has 70 heavy (non-hydrogen) atoms. The van der Waals surface area contributed by atoms with Crippen LogP contribution >= 0.6 is 23.2 Å². The predicted octanol–water partition coefficient (Wildman–Crippen LogP) is 7.93. The number of halogens is 2. The first-order chi connectivity index (χ1) is 33.0. The lowest BCUT2D eigenvalue weighted by molar-refractivity contribution is -0.172. The Morgan fingerprint density at radius 1 is 0.614 bits per heavy atom. The van der Waals surface area contributed by atoms with Crippen LogP contribution in [0.1, 0.15) is 70.3 Å². The summed E-state index contributed by atoms with van der Waals surface area (Å²) in [6, 6.07) is 27.2. The summed E-state index contributed by atoms with van der Waals surface area (Å²) in [6.07, 6.45) is 0. The summed E-state index contributed by atoms with van der Waals surface area (Å²) < 4.78 is 12.2. The monoisotopic (exact) mass is 979 g/mol. The highest BCUT2D eigenvalue weighted by Crippen LogP contribution is 2.47. The number of carboxylic acid groups (broad SMARTS) is 3. The van der Waals surface area contributed by atoms with Gasteiger partial charge in [0.2, 0.25) is 0 Å². The van der Waals surface area contributed by atoms with Crippen molar-refractivity contribution in [3.05, 3.63) is 180 Å². The van der Waals surface area contributed by atoms with E-state index in [9.17, 15) is 49.2 Å². The fourth-order valence-electron chi connectivity index (χ4n) is 8.26. The van der Waals surface area contributed by atoms with Gasteiger partial charge in [-0.05, 0) is 90.0 Å². The highest BCUT2D eigenvalue weighted by atomic mass is 35.5. The molecule has 0 aromatic heterocycles. The Bertz CT molecular complexity index is 3750. The van der Waals surface area contributed by atoms with Gasteiger partial charge < -0.3 is 45.6 Å². The number of hydrogen-bond donors (Lipinski definition) is 8. The third kappa shape index (κ3) is 8.59. The fraction of sp³-hybridized carbons (Fsp3) is 0.0577. The molecule has 5 aromatic carbocycles. The van der Waals surface area contributed by atoms with E-state index in [0.29, 0.717) is 50.0 Å². The van der Waals surface area contributed by atoms with Crippen LogP contribution in [0, 0.1) is 0 Å². The van der Waals surface area contributed by atoms with Gasteiger partial charge in [-0.2, -0.15) is 0 Å². The Balaban J connectivity index is 0.00000659. The Morgan fingerprint density at radius 3 is 2.00 bits per heavy atom. The van der Waals surface area contributed by atoms with Crippen molar-refractivity contribution in [3.63, 3.8) is 0 Å². The first-order valence-electron chi connectivity index (χ1n) is 20.6. The van der Waals surface area contributed by atoms with Crippen molar-refractivity contribution in [3.8, 4) is 50.7 Å². The number of phenols is 1. The smallest absolute Gasteiger partial charge is 0.337 e. The fourth-order valence-corrected chi connectivity index (χ4v) is 8.88. The number of amides is 2. The van der Waals surface area contributed by atoms with Gasteiger partial charge in [0, 0.05) is 74.6 Å². The lowest BCUT2D eigenvalue weighted by Gasteiger charge is -2.20. The van der Waals surface area contributed by atoms with Gasteiger partial charge in [0.15, 0.2) is 10.8 Å². The van der Waals surface area contributed by atoms with E-state index in [0.717, 1.165) is 12.1 Å². The van der Waals surface area contributed by atoms with Gasteiger partial charge in [0.05, 0.1) is 50.5 Å². The number of hydrogen-bond acceptors (Lipinski definition) is 10. The number of anilines is 1. The number of carboxylic acids is 3. The lowest BCUT2D eigenvalue weighted by Crippen LogP contribution is -2.44. The number of nitrogen functional groups attached to an aromatic ring is 1. The second kappa shape index (κ2) is 18.6. The van der Waals surface area contributed by atoms with Crippen molar-refractivity contribution in [1.29, 1.82) is 0 Å². The highest BCUT2D eigenvalue weighted by molar-refractivity contribution is 6.41. The molecule has 0 unspecified atom stereocenters. The zero-order valence-corrected chi connectivity index (χ0v) is 36.9. The molecule has 0 radical (unpaired) electrons. The van der Waals surface area contributed by atoms with Crippen LogP contribution in [0.15, 0.2) is 129 Å². The summed E-state index contributed by atoms with van der Waals surface area (Å²) in [5, 5.41) is 53.6. The largest absolute Gasteiger partial charge is 0.507 e. The van der Waals surface area contributed by atoms with Crippen LogP contribution in [-0.4, -0.2) is 50.1 Å². The van der Waals surface area contributed by atoms with E-state index in [1.165, 1.54) is 54.6 Å². The van der Waals surface area contributed by atoms with E-state index in [1.54, 1.807) is 48.5 Å². The van der Waals surface area contributed by atoms with Gasteiger partial charge in [0.25, 0.3) is 11.8 Å². The number of aromatic carboxylic acids is 3. The molecule has 0 bridgehead atoms. The van der Waals surface area contributed by atoms with Crippen molar-refractivity contribution in [2.45, 2.75) is 20.5 Å². The molecule has 2 aliphatic heterocycles. The number of phenolic OH excluding ortho intramolecular Hbond substituents is 1. The molecule has 18 heteroatoms. The minimum Gasteiger partial charge on any atom is -0.507 e. The van der Waals surface area contributed by atoms with Crippen molar-refractivity contribution in [2.75, 3.05) is 5.73 Å². The zero-order chi connectivity index (χ0) is 49.0. The normalized spacial score (nSPS) is 11.1. The van der Waals surface area contributed by atoms with Crippen LogP contribution in [0.4, 0.5) is 5.69 Å². The Kier molecular flexibility index (Phi) is 12.6. The van der Waals surface area contributed by atoms with E-state index >= 15 is 0 Å². The lowest BCUT2D eigenvalue weighted by atomic mass is 9.89. The van der Waals surface area contributed by atoms with Gasteiger partial charge in [0.1, 0.15) is 28.4 Å². The Hall–Kier alpha value is -8.99. The number of benzene rings is 7. The Labute approximate surface area is 405 Å². The number of nitrogens with one attached hydrogen (secondary N) is 2. The summed E-state index contributed by atoms with van der Waals surface area (Å²) >= 11 is 13.6. The maximum atomic E-state index is 13.7. The van der Waals surface area contributed by atoms with Crippen LogP contribution in [0.2, 0.25) is 10.0 Å². The number of aromatic hydroxyl groups is 1. The van der Waals surface area contributed by atoms with Crippen LogP contribution in [-0.2, 0) is 13.1 Å². The number of nitrogens with two attached hydrogens (primary N) is 2. The van der Waals surface area contributed by atoms with E-state index in [1.807, 2.05) is 0 Å². The minimum atomic E-state index is -1.45. The molecule has 2 aliphatic carbocycles. The number of rotatable bonds is 11. The van der Waals surface area contributed by atoms with Gasteiger partial charge in [-0.1, -0.05) is 42.8 Å². The van der Waals surface area contributed by atoms with Crippen molar-refractivity contribution in [2.24, 2.45) is 0 Å². The molecular formula is C52H37Cl2N4O12+. The van der Waals surface area contributed by atoms with Crippen LogP contribution in [0.25, 0.3) is 66.8 Å². The standard InChI is InChI=1S/C51H32Cl2N4O12.CH4/c52-36-19-34(45(53)44(51(66)67)43(36)42-30-10-6-25(54)16-38(30)68-39-17-26(55)7-11-31(39)42)48(61)56-20-22-1-3-23(4-2-22)47(60)57-21-35-37(59)14-13-32-41(29-12-8-27(58)18-40(29)69-46(32)35)33-15-24(49(62)63)5-9-28(33)50(64)65;/h1-19,54,59H,20-21,55H2,(H,56,61)(H,57,60)(H,62,63)(H,64,65)(H,66,67);1H4/p+1. The quantitative estimate of drug-likeness (QED) is 0.0452. The second-order valence-electron chi connectivity index (χ2n) is 15.8. The topological polar surface area (TPSA) is 285 Å². The third-order valence-electron chi connectivity index (χ3n) is 11.5. The molecule has 16 nitrogen and oxygen atoms in total. The summed E-state index contributed by atoms with van der Waals surface area (Å²) in [7, 11) is 0. The van der Waals surface area contributed by atoms with Crippen LogP contribution in [0.3, 0.4) is 0 Å². The molecule has 350 valence electrons. The first-order valence-corrected chi connectivity index (χ1v) is 21.3. The molecule has 9 rings (SSSR count). The van der Waals surface area contributed by atoms with Gasteiger partial charge in [-0.25, -0.2) is 14.4 Å². The Morgan fingerprint density at radius 2 is 1.29 bits per heavy atom. The van der Waals surface area contributed by atoms with Crippen LogP contribution < -0.4 is 32.6 Å². The average Bonchev–Trinajstić information content (AvgIpc) is 3.31.